The quantitative estimate of drug-likeness (QED) is 0.821. The van der Waals surface area contributed by atoms with Crippen LogP contribution in [-0.2, 0) is 0 Å². The summed E-state index contributed by atoms with van der Waals surface area (Å²) in [5, 5.41) is 3.66. The first-order valence-corrected chi connectivity index (χ1v) is 6.65. The largest absolute Gasteiger partial charge is 0.468 e. The lowest BCUT2D eigenvalue weighted by molar-refractivity contribution is 0.295. The minimum absolute atomic E-state index is 0.461. The molecule has 1 heterocycles. The number of rotatable bonds is 5. The maximum Gasteiger partial charge on any atom is 0.120 e. The van der Waals surface area contributed by atoms with Gasteiger partial charge in [0.05, 0.1) is 12.3 Å². The van der Waals surface area contributed by atoms with E-state index in [9.17, 15) is 0 Å². The van der Waals surface area contributed by atoms with Crippen LogP contribution in [0.1, 0.15) is 44.4 Å². The zero-order chi connectivity index (χ0) is 11.0. The third-order valence-electron chi connectivity index (χ3n) is 4.22. The summed E-state index contributed by atoms with van der Waals surface area (Å²) in [5.41, 5.74) is 0. The first-order chi connectivity index (χ1) is 7.88. The van der Waals surface area contributed by atoms with Crippen molar-refractivity contribution in [2.24, 2.45) is 17.8 Å². The van der Waals surface area contributed by atoms with E-state index in [4.69, 9.17) is 4.42 Å². The molecular formula is C14H21NO. The summed E-state index contributed by atoms with van der Waals surface area (Å²) in [6, 6.07) is 4.59. The topological polar surface area (TPSA) is 25.2 Å². The van der Waals surface area contributed by atoms with Crippen molar-refractivity contribution in [3.05, 3.63) is 24.2 Å². The van der Waals surface area contributed by atoms with Crippen molar-refractivity contribution in [3.8, 4) is 0 Å². The second-order valence-electron chi connectivity index (χ2n) is 5.43. The van der Waals surface area contributed by atoms with Crippen LogP contribution in [0.4, 0.5) is 0 Å². The van der Waals surface area contributed by atoms with Crippen molar-refractivity contribution >= 4 is 0 Å². The summed E-state index contributed by atoms with van der Waals surface area (Å²) in [4.78, 5) is 0. The van der Waals surface area contributed by atoms with E-state index in [2.05, 4.69) is 18.3 Å². The van der Waals surface area contributed by atoms with Gasteiger partial charge in [-0.2, -0.15) is 0 Å². The van der Waals surface area contributed by atoms with E-state index in [-0.39, 0.29) is 0 Å². The van der Waals surface area contributed by atoms with Gasteiger partial charge in [0.15, 0.2) is 0 Å². The molecule has 1 aromatic heterocycles. The Labute approximate surface area is 97.4 Å². The van der Waals surface area contributed by atoms with Gasteiger partial charge in [-0.1, -0.05) is 6.92 Å². The van der Waals surface area contributed by atoms with Crippen molar-refractivity contribution in [2.45, 2.75) is 38.6 Å². The summed E-state index contributed by atoms with van der Waals surface area (Å²) in [6.07, 6.45) is 7.30. The molecule has 3 rings (SSSR count). The zero-order valence-electron chi connectivity index (χ0n) is 9.99. The van der Waals surface area contributed by atoms with E-state index in [1.165, 1.54) is 25.7 Å². The van der Waals surface area contributed by atoms with Gasteiger partial charge in [0.2, 0.25) is 0 Å². The van der Waals surface area contributed by atoms with Crippen LogP contribution in [0.25, 0.3) is 0 Å². The van der Waals surface area contributed by atoms with Gasteiger partial charge in [0.1, 0.15) is 5.76 Å². The fourth-order valence-electron chi connectivity index (χ4n) is 3.30. The highest BCUT2D eigenvalue weighted by Gasteiger charge is 2.48. The minimum Gasteiger partial charge on any atom is -0.468 e. The van der Waals surface area contributed by atoms with Gasteiger partial charge >= 0.3 is 0 Å². The molecule has 0 saturated heterocycles. The highest BCUT2D eigenvalue weighted by molar-refractivity contribution is 5.10. The van der Waals surface area contributed by atoms with E-state index in [1.807, 2.05) is 6.07 Å². The van der Waals surface area contributed by atoms with Crippen LogP contribution in [0.5, 0.6) is 0 Å². The first-order valence-electron chi connectivity index (χ1n) is 6.65. The van der Waals surface area contributed by atoms with Gasteiger partial charge in [-0.3, -0.25) is 0 Å². The van der Waals surface area contributed by atoms with Crippen molar-refractivity contribution in [2.75, 3.05) is 6.54 Å². The Kier molecular flexibility index (Phi) is 2.76. The summed E-state index contributed by atoms with van der Waals surface area (Å²) >= 11 is 0. The normalized spacial score (nSPS) is 33.7. The summed E-state index contributed by atoms with van der Waals surface area (Å²) in [7, 11) is 0. The summed E-state index contributed by atoms with van der Waals surface area (Å²) in [5.74, 6) is 4.04. The molecule has 3 atom stereocenters. The lowest BCUT2D eigenvalue weighted by Crippen LogP contribution is -2.28. The number of hydrogen-bond acceptors (Lipinski definition) is 2. The molecule has 0 spiro atoms. The molecule has 2 saturated carbocycles. The van der Waals surface area contributed by atoms with E-state index in [1.54, 1.807) is 6.26 Å². The molecule has 1 aromatic rings. The van der Waals surface area contributed by atoms with Crippen LogP contribution >= 0.6 is 0 Å². The van der Waals surface area contributed by atoms with Gasteiger partial charge in [0, 0.05) is 0 Å². The lowest BCUT2D eigenvalue weighted by Gasteiger charge is -2.24. The lowest BCUT2D eigenvalue weighted by atomic mass is 9.92. The predicted molar refractivity (Wildman–Crippen MR) is 64.1 cm³/mol. The fourth-order valence-corrected chi connectivity index (χ4v) is 3.30. The second kappa shape index (κ2) is 4.25. The van der Waals surface area contributed by atoms with Crippen LogP contribution in [0.15, 0.2) is 22.8 Å². The third kappa shape index (κ3) is 1.91. The number of hydrogen-bond donors (Lipinski definition) is 1. The second-order valence-corrected chi connectivity index (χ2v) is 5.43. The average Bonchev–Trinajstić information content (AvgIpc) is 2.73. The van der Waals surface area contributed by atoms with Crippen molar-refractivity contribution < 1.29 is 4.42 Å². The van der Waals surface area contributed by atoms with Crippen LogP contribution in [0.2, 0.25) is 0 Å². The highest BCUT2D eigenvalue weighted by atomic mass is 16.3. The molecule has 88 valence electrons. The Bertz CT molecular complexity index is 323. The molecule has 2 aliphatic carbocycles. The summed E-state index contributed by atoms with van der Waals surface area (Å²) in [6.45, 7) is 3.31. The molecule has 2 heteroatoms. The molecule has 2 aliphatic rings. The van der Waals surface area contributed by atoms with E-state index in [0.717, 1.165) is 30.1 Å². The third-order valence-corrected chi connectivity index (χ3v) is 4.22. The van der Waals surface area contributed by atoms with E-state index in [0.29, 0.717) is 6.04 Å². The van der Waals surface area contributed by atoms with Crippen molar-refractivity contribution in [3.63, 3.8) is 0 Å². The van der Waals surface area contributed by atoms with Crippen molar-refractivity contribution in [1.29, 1.82) is 0 Å². The summed E-state index contributed by atoms with van der Waals surface area (Å²) < 4.78 is 5.59. The monoisotopic (exact) mass is 219 g/mol. The Morgan fingerprint density at radius 3 is 2.81 bits per heavy atom. The molecule has 3 unspecified atom stereocenters. The maximum atomic E-state index is 5.59. The van der Waals surface area contributed by atoms with Gasteiger partial charge in [-0.15, -0.1) is 0 Å². The predicted octanol–water partition coefficient (Wildman–Crippen LogP) is 3.37. The van der Waals surface area contributed by atoms with Crippen LogP contribution < -0.4 is 5.32 Å². The molecule has 0 bridgehead atoms. The molecule has 0 radical (unpaired) electrons. The Hall–Kier alpha value is -0.760. The molecule has 0 aliphatic heterocycles. The molecule has 0 aromatic carbocycles. The fraction of sp³-hybridized carbons (Fsp3) is 0.714. The molecule has 2 nitrogen and oxygen atoms in total. The van der Waals surface area contributed by atoms with E-state index < -0.39 is 0 Å². The zero-order valence-corrected chi connectivity index (χ0v) is 9.99. The molecule has 16 heavy (non-hydrogen) atoms. The van der Waals surface area contributed by atoms with Gasteiger partial charge < -0.3 is 9.73 Å². The number of fused-ring (bicyclic) bond motifs is 1. The Balaban J connectivity index is 1.68. The molecule has 0 amide bonds. The Morgan fingerprint density at radius 1 is 1.38 bits per heavy atom. The first kappa shape index (κ1) is 10.4. The minimum atomic E-state index is 0.461. The smallest absolute Gasteiger partial charge is 0.120 e. The maximum absolute atomic E-state index is 5.59. The number of nitrogens with one attached hydrogen (secondary N) is 1. The standard InChI is InChI=1S/C14H21NO/c1-2-5-15-14(13-4-3-6-16-13)12-8-10-7-11(10)9-12/h3-4,6,10-12,14-15H,2,5,7-9H2,1H3. The Morgan fingerprint density at radius 2 is 2.19 bits per heavy atom. The highest BCUT2D eigenvalue weighted by Crippen LogP contribution is 2.57. The molecule has 1 N–H and O–H groups in total. The van der Waals surface area contributed by atoms with Gasteiger partial charge in [-0.25, -0.2) is 0 Å². The van der Waals surface area contributed by atoms with Crippen LogP contribution in [0.3, 0.4) is 0 Å². The molecule has 2 fully saturated rings. The van der Waals surface area contributed by atoms with Crippen LogP contribution in [-0.4, -0.2) is 6.54 Å². The van der Waals surface area contributed by atoms with Crippen molar-refractivity contribution in [1.82, 2.24) is 5.32 Å². The number of furan rings is 1. The van der Waals surface area contributed by atoms with Gasteiger partial charge in [-0.05, 0) is 62.1 Å². The van der Waals surface area contributed by atoms with Crippen LogP contribution in [0, 0.1) is 17.8 Å². The molecular weight excluding hydrogens is 198 g/mol. The average molecular weight is 219 g/mol. The van der Waals surface area contributed by atoms with Gasteiger partial charge in [0.25, 0.3) is 0 Å². The SMILES string of the molecule is CCCNC(c1ccco1)C1CC2CC2C1. The van der Waals surface area contributed by atoms with E-state index >= 15 is 0 Å².